The predicted molar refractivity (Wildman–Crippen MR) is 56.0 cm³/mol. The van der Waals surface area contributed by atoms with Crippen LogP contribution in [0.25, 0.3) is 0 Å². The molecule has 1 aliphatic rings. The van der Waals surface area contributed by atoms with Gasteiger partial charge < -0.3 is 0 Å². The molecule has 1 nitrogen and oxygen atoms in total. The van der Waals surface area contributed by atoms with E-state index in [4.69, 9.17) is 0 Å². The largest absolute Gasteiger partial charge is 0.246 e. The van der Waals surface area contributed by atoms with Crippen molar-refractivity contribution in [3.05, 3.63) is 15.6 Å². The van der Waals surface area contributed by atoms with Crippen LogP contribution in [0.3, 0.4) is 0 Å². The second-order valence-electron chi connectivity index (χ2n) is 3.03. The number of hydrogen-bond acceptors (Lipinski definition) is 3. The second-order valence-corrected chi connectivity index (χ2v) is 5.30. The van der Waals surface area contributed by atoms with Crippen LogP contribution in [0.5, 0.6) is 0 Å². The van der Waals surface area contributed by atoms with Crippen molar-refractivity contribution >= 4 is 23.1 Å². The van der Waals surface area contributed by atoms with E-state index in [9.17, 15) is 0 Å². The molecule has 2 heterocycles. The van der Waals surface area contributed by atoms with Crippen molar-refractivity contribution in [1.82, 2.24) is 4.98 Å². The first-order valence-electron chi connectivity index (χ1n) is 4.45. The van der Waals surface area contributed by atoms with Crippen molar-refractivity contribution in [2.45, 2.75) is 31.9 Å². The summed E-state index contributed by atoms with van der Waals surface area (Å²) in [6.07, 6.45) is 3.59. The monoisotopic (exact) mass is 199 g/mol. The topological polar surface area (TPSA) is 12.9 Å². The summed E-state index contributed by atoms with van der Waals surface area (Å²) in [5.41, 5.74) is 1.39. The van der Waals surface area contributed by atoms with Gasteiger partial charge in [-0.3, -0.25) is 0 Å². The van der Waals surface area contributed by atoms with Gasteiger partial charge in [0.25, 0.3) is 0 Å². The molecule has 0 saturated heterocycles. The van der Waals surface area contributed by atoms with Crippen molar-refractivity contribution in [3.63, 3.8) is 0 Å². The fourth-order valence-electron chi connectivity index (χ4n) is 1.40. The highest BCUT2D eigenvalue weighted by Crippen LogP contribution is 2.29. The number of aryl methyl sites for hydroxylation is 2. The Hall–Kier alpha value is -0.0200. The van der Waals surface area contributed by atoms with Gasteiger partial charge in [-0.2, -0.15) is 11.8 Å². The maximum absolute atomic E-state index is 4.65. The Labute approximate surface area is 81.6 Å². The third-order valence-electron chi connectivity index (χ3n) is 2.00. The molecule has 0 amide bonds. The predicted octanol–water partition coefficient (Wildman–Crippen LogP) is 2.88. The van der Waals surface area contributed by atoms with Gasteiger partial charge in [-0.15, -0.1) is 11.3 Å². The van der Waals surface area contributed by atoms with Crippen LogP contribution in [-0.2, 0) is 18.6 Å². The molecule has 0 bridgehead atoms. The van der Waals surface area contributed by atoms with Crippen LogP contribution < -0.4 is 0 Å². The summed E-state index contributed by atoms with van der Waals surface area (Å²) in [6.45, 7) is 2.22. The molecule has 1 aromatic rings. The van der Waals surface area contributed by atoms with E-state index in [0.29, 0.717) is 0 Å². The fourth-order valence-corrected chi connectivity index (χ4v) is 3.73. The standard InChI is InChI=1S/C9H13NS2/c1-2-3-9-10-7-4-5-11-6-8(7)12-9/h2-6H2,1H3. The van der Waals surface area contributed by atoms with E-state index < -0.39 is 0 Å². The molecule has 0 fully saturated rings. The molecule has 0 N–H and O–H groups in total. The molecule has 3 heteroatoms. The van der Waals surface area contributed by atoms with Crippen molar-refractivity contribution in [3.8, 4) is 0 Å². The highest BCUT2D eigenvalue weighted by molar-refractivity contribution is 7.98. The molecule has 0 radical (unpaired) electrons. The fraction of sp³-hybridized carbons (Fsp3) is 0.667. The molecule has 0 aromatic carbocycles. The van der Waals surface area contributed by atoms with Gasteiger partial charge >= 0.3 is 0 Å². The van der Waals surface area contributed by atoms with Crippen molar-refractivity contribution < 1.29 is 0 Å². The molecule has 1 aromatic heterocycles. The maximum atomic E-state index is 4.65. The third-order valence-corrected chi connectivity index (χ3v) is 4.33. The molecule has 0 atom stereocenters. The lowest BCUT2D eigenvalue weighted by molar-refractivity contribution is 0.891. The van der Waals surface area contributed by atoms with Crippen molar-refractivity contribution in [1.29, 1.82) is 0 Å². The molecule has 66 valence electrons. The molecule has 0 unspecified atom stereocenters. The van der Waals surface area contributed by atoms with Gasteiger partial charge in [-0.25, -0.2) is 4.98 Å². The minimum atomic E-state index is 1.17. The van der Waals surface area contributed by atoms with Crippen LogP contribution in [0, 0.1) is 0 Å². The highest BCUT2D eigenvalue weighted by atomic mass is 32.2. The first-order valence-corrected chi connectivity index (χ1v) is 6.42. The lowest BCUT2D eigenvalue weighted by atomic mass is 10.3. The van der Waals surface area contributed by atoms with Gasteiger partial charge in [0, 0.05) is 10.6 Å². The highest BCUT2D eigenvalue weighted by Gasteiger charge is 2.14. The van der Waals surface area contributed by atoms with Crippen molar-refractivity contribution in [2.24, 2.45) is 0 Å². The molecular weight excluding hydrogens is 186 g/mol. The van der Waals surface area contributed by atoms with Gasteiger partial charge in [0.2, 0.25) is 0 Å². The molecule has 0 saturated carbocycles. The minimum absolute atomic E-state index is 1.17. The van der Waals surface area contributed by atoms with Crippen LogP contribution in [0.2, 0.25) is 0 Å². The molecule has 0 spiro atoms. The normalized spacial score (nSPS) is 16.1. The zero-order valence-electron chi connectivity index (χ0n) is 7.30. The Morgan fingerprint density at radius 1 is 1.50 bits per heavy atom. The SMILES string of the molecule is CCCc1nc2c(s1)CSCC2. The summed E-state index contributed by atoms with van der Waals surface area (Å²) >= 11 is 3.97. The van der Waals surface area contributed by atoms with Gasteiger partial charge in [0.1, 0.15) is 0 Å². The van der Waals surface area contributed by atoms with Gasteiger partial charge in [0.05, 0.1) is 10.7 Å². The Morgan fingerprint density at radius 3 is 3.17 bits per heavy atom. The van der Waals surface area contributed by atoms with Crippen LogP contribution in [0.15, 0.2) is 0 Å². The Morgan fingerprint density at radius 2 is 2.42 bits per heavy atom. The van der Waals surface area contributed by atoms with E-state index in [1.807, 2.05) is 23.1 Å². The molecule has 12 heavy (non-hydrogen) atoms. The third kappa shape index (κ3) is 1.67. The zero-order valence-corrected chi connectivity index (χ0v) is 8.93. The van der Waals surface area contributed by atoms with Crippen LogP contribution in [-0.4, -0.2) is 10.7 Å². The average Bonchev–Trinajstić information content (AvgIpc) is 2.47. The maximum Gasteiger partial charge on any atom is 0.0931 e. The van der Waals surface area contributed by atoms with E-state index in [1.54, 1.807) is 0 Å². The van der Waals surface area contributed by atoms with Crippen LogP contribution in [0.4, 0.5) is 0 Å². The molecule has 1 aliphatic heterocycles. The van der Waals surface area contributed by atoms with Crippen LogP contribution >= 0.6 is 23.1 Å². The number of hydrogen-bond donors (Lipinski definition) is 0. The Kier molecular flexibility index (Phi) is 2.71. The summed E-state index contributed by atoms with van der Waals surface area (Å²) in [4.78, 5) is 6.18. The molecular formula is C9H13NS2. The summed E-state index contributed by atoms with van der Waals surface area (Å²) < 4.78 is 0. The average molecular weight is 199 g/mol. The van der Waals surface area contributed by atoms with E-state index in [2.05, 4.69) is 11.9 Å². The Bertz CT molecular complexity index is 244. The van der Waals surface area contributed by atoms with Gasteiger partial charge in [-0.1, -0.05) is 6.92 Å². The lowest BCUT2D eigenvalue weighted by Gasteiger charge is -2.06. The minimum Gasteiger partial charge on any atom is -0.246 e. The van der Waals surface area contributed by atoms with E-state index in [0.717, 1.165) is 0 Å². The summed E-state index contributed by atoms with van der Waals surface area (Å²) in [5.74, 6) is 2.47. The lowest BCUT2D eigenvalue weighted by Crippen LogP contribution is -1.99. The molecule has 2 rings (SSSR count). The number of thiazole rings is 1. The van der Waals surface area contributed by atoms with Gasteiger partial charge in [-0.05, 0) is 25.0 Å². The van der Waals surface area contributed by atoms with Crippen LogP contribution in [0.1, 0.15) is 28.9 Å². The van der Waals surface area contributed by atoms with E-state index in [1.165, 1.54) is 46.3 Å². The Balaban J connectivity index is 2.20. The number of rotatable bonds is 2. The van der Waals surface area contributed by atoms with E-state index in [-0.39, 0.29) is 0 Å². The number of fused-ring (bicyclic) bond motifs is 1. The first-order chi connectivity index (χ1) is 5.90. The summed E-state index contributed by atoms with van der Waals surface area (Å²) in [6, 6.07) is 0. The van der Waals surface area contributed by atoms with Crippen molar-refractivity contribution in [2.75, 3.05) is 5.75 Å². The summed E-state index contributed by atoms with van der Waals surface area (Å²) in [5, 5.41) is 1.35. The van der Waals surface area contributed by atoms with Gasteiger partial charge in [0.15, 0.2) is 0 Å². The number of thioether (sulfide) groups is 1. The number of nitrogens with zero attached hydrogens (tertiary/aromatic N) is 1. The molecule has 0 aliphatic carbocycles. The van der Waals surface area contributed by atoms with E-state index >= 15 is 0 Å². The zero-order chi connectivity index (χ0) is 8.39. The summed E-state index contributed by atoms with van der Waals surface area (Å²) in [7, 11) is 0. The second kappa shape index (κ2) is 3.79. The first kappa shape index (κ1) is 8.57. The number of aromatic nitrogens is 1. The smallest absolute Gasteiger partial charge is 0.0931 e. The quantitative estimate of drug-likeness (QED) is 0.726.